The van der Waals surface area contributed by atoms with Gasteiger partial charge in [-0.25, -0.2) is 14.8 Å². The van der Waals surface area contributed by atoms with E-state index in [0.717, 1.165) is 77.3 Å². The minimum atomic E-state index is -1.25. The van der Waals surface area contributed by atoms with Crippen LogP contribution in [0, 0.1) is 0 Å². The number of hydrogen-bond donors (Lipinski definition) is 4. The van der Waals surface area contributed by atoms with Gasteiger partial charge in [0.1, 0.15) is 17.7 Å². The summed E-state index contributed by atoms with van der Waals surface area (Å²) in [7, 11) is 0. The number of aromatic nitrogens is 4. The van der Waals surface area contributed by atoms with E-state index < -0.39 is 12.1 Å². The number of benzene rings is 4. The van der Waals surface area contributed by atoms with Crippen LogP contribution in [0.4, 0.5) is 4.79 Å². The van der Waals surface area contributed by atoms with Gasteiger partial charge in [-0.1, -0.05) is 109 Å². The van der Waals surface area contributed by atoms with Crippen molar-refractivity contribution in [1.82, 2.24) is 35.1 Å². The van der Waals surface area contributed by atoms with Gasteiger partial charge in [0.05, 0.1) is 41.8 Å². The molecular weight excluding hydrogens is 691 g/mol. The fraction of sp³-hybridized carbons (Fsp3) is 0.250. The summed E-state index contributed by atoms with van der Waals surface area (Å²) in [6.07, 6.45) is 5.75. The molecule has 8 rings (SSSR count). The van der Waals surface area contributed by atoms with E-state index in [-0.39, 0.29) is 29.8 Å². The number of carbonyl (C=O) groups excluding carboxylic acids is 2. The predicted octanol–water partition coefficient (Wildman–Crippen LogP) is 8.27. The van der Waals surface area contributed by atoms with Crippen LogP contribution in [0.5, 0.6) is 0 Å². The van der Waals surface area contributed by atoms with Gasteiger partial charge in [0.2, 0.25) is 5.91 Å². The maximum absolute atomic E-state index is 13.7. The summed E-state index contributed by atoms with van der Waals surface area (Å²) in [6, 6.07) is 34.1. The lowest BCUT2D eigenvalue weighted by Crippen LogP contribution is -2.42. The van der Waals surface area contributed by atoms with Gasteiger partial charge in [-0.15, -0.1) is 0 Å². The Morgan fingerprint density at radius 3 is 1.55 bits per heavy atom. The Hall–Kier alpha value is -6.49. The molecule has 0 unspecified atom stereocenters. The number of nitrogens with zero attached hydrogens (tertiary/aromatic N) is 4. The first-order valence-corrected chi connectivity index (χ1v) is 18.9. The molecule has 4 atom stereocenters. The smallest absolute Gasteiger partial charge is 0.405 e. The fourth-order valence-corrected chi connectivity index (χ4v) is 7.97. The second-order valence-corrected chi connectivity index (χ2v) is 14.3. The van der Waals surface area contributed by atoms with E-state index in [1.807, 2.05) is 54.4 Å². The van der Waals surface area contributed by atoms with E-state index in [0.29, 0.717) is 17.9 Å². The molecule has 55 heavy (non-hydrogen) atoms. The van der Waals surface area contributed by atoms with Gasteiger partial charge in [0.25, 0.3) is 5.91 Å². The average molecular weight is 734 g/mol. The van der Waals surface area contributed by atoms with Crippen LogP contribution in [0.25, 0.3) is 33.6 Å². The summed E-state index contributed by atoms with van der Waals surface area (Å²) in [5.74, 6) is 1.13. The lowest BCUT2D eigenvalue weighted by Gasteiger charge is -2.28. The molecule has 11 nitrogen and oxygen atoms in total. The largest absolute Gasteiger partial charge is 0.465 e. The highest BCUT2D eigenvalue weighted by Crippen LogP contribution is 2.36. The van der Waals surface area contributed by atoms with Gasteiger partial charge in [-0.3, -0.25) is 9.59 Å². The molecule has 4 heterocycles. The Labute approximate surface area is 319 Å². The molecule has 0 bridgehead atoms. The number of carboxylic acid groups (broad SMARTS) is 1. The number of rotatable bonds is 10. The van der Waals surface area contributed by atoms with Crippen molar-refractivity contribution in [2.75, 3.05) is 13.1 Å². The molecule has 2 saturated heterocycles. The lowest BCUT2D eigenvalue weighted by molar-refractivity contribution is -0.135. The quantitative estimate of drug-likeness (QED) is 0.111. The van der Waals surface area contributed by atoms with Crippen molar-refractivity contribution in [2.45, 2.75) is 56.7 Å². The van der Waals surface area contributed by atoms with Crippen LogP contribution in [0.15, 0.2) is 122 Å². The number of nitrogens with one attached hydrogen (secondary N) is 3. The summed E-state index contributed by atoms with van der Waals surface area (Å²) >= 11 is 0. The molecule has 3 amide bonds. The third kappa shape index (κ3) is 7.37. The number of amides is 3. The van der Waals surface area contributed by atoms with E-state index >= 15 is 0 Å². The Morgan fingerprint density at radius 1 is 0.636 bits per heavy atom. The van der Waals surface area contributed by atoms with Crippen LogP contribution in [0.3, 0.4) is 0 Å². The summed E-state index contributed by atoms with van der Waals surface area (Å²) in [5, 5.41) is 11.9. The van der Waals surface area contributed by atoms with Gasteiger partial charge in [0, 0.05) is 13.1 Å². The second kappa shape index (κ2) is 15.5. The topological polar surface area (TPSA) is 147 Å². The number of H-pyrrole nitrogens is 2. The molecule has 0 aliphatic carbocycles. The molecule has 0 spiro atoms. The summed E-state index contributed by atoms with van der Waals surface area (Å²) in [6.45, 7) is 3.23. The fourth-order valence-electron chi connectivity index (χ4n) is 7.97. The maximum atomic E-state index is 13.7. The summed E-state index contributed by atoms with van der Waals surface area (Å²) < 4.78 is 0. The van der Waals surface area contributed by atoms with Gasteiger partial charge in [-0.05, 0) is 66.0 Å². The van der Waals surface area contributed by atoms with Crippen LogP contribution >= 0.6 is 0 Å². The highest BCUT2D eigenvalue weighted by Gasteiger charge is 2.37. The van der Waals surface area contributed by atoms with Crippen molar-refractivity contribution in [1.29, 1.82) is 0 Å². The van der Waals surface area contributed by atoms with Gasteiger partial charge < -0.3 is 30.2 Å². The van der Waals surface area contributed by atoms with Crippen LogP contribution in [-0.4, -0.2) is 65.8 Å². The van der Waals surface area contributed by atoms with E-state index in [4.69, 9.17) is 4.98 Å². The van der Waals surface area contributed by atoms with E-state index in [9.17, 15) is 19.5 Å². The zero-order valence-electron chi connectivity index (χ0n) is 30.6. The Bertz CT molecular complexity index is 2270. The molecule has 2 aliphatic heterocycles. The minimum absolute atomic E-state index is 0.0659. The highest BCUT2D eigenvalue weighted by atomic mass is 16.4. The second-order valence-electron chi connectivity index (χ2n) is 14.3. The lowest BCUT2D eigenvalue weighted by atomic mass is 9.99. The summed E-state index contributed by atoms with van der Waals surface area (Å²) in [4.78, 5) is 58.9. The predicted molar refractivity (Wildman–Crippen MR) is 210 cm³/mol. The molecule has 2 fully saturated rings. The van der Waals surface area contributed by atoms with Crippen LogP contribution < -0.4 is 5.32 Å². The van der Waals surface area contributed by atoms with Crippen molar-refractivity contribution < 1.29 is 19.5 Å². The van der Waals surface area contributed by atoms with Crippen molar-refractivity contribution in [3.8, 4) is 33.6 Å². The zero-order valence-corrected chi connectivity index (χ0v) is 30.6. The Kier molecular flexibility index (Phi) is 9.99. The van der Waals surface area contributed by atoms with Gasteiger partial charge in [-0.2, -0.15) is 0 Å². The molecule has 0 radical (unpaired) electrons. The van der Waals surface area contributed by atoms with Gasteiger partial charge >= 0.3 is 6.09 Å². The molecule has 4 aromatic carbocycles. The standard InChI is InChI=1S/C44H43N7O4/c1-28(29-10-4-2-5-11-29)42(52)50-24-8-14-37(50)40-45-26-35(47-40)32-20-16-30(17-21-32)31-18-22-33(23-19-31)36-27-46-41(48-36)38-15-9-25-51(38)43(53)39(49-44(54)55)34-12-6-3-7-13-34/h2-7,10-13,16-23,26-28,37-39,49H,8-9,14-15,24-25H2,1H3,(H,45,47)(H,46,48)(H,54,55)/t28-,37+,38+,39-/m1/s1. The molecular formula is C44H43N7O4. The number of imidazole rings is 2. The monoisotopic (exact) mass is 733 g/mol. The first kappa shape index (κ1) is 35.5. The van der Waals surface area contributed by atoms with E-state index in [1.54, 1.807) is 35.4 Å². The van der Waals surface area contributed by atoms with Gasteiger partial charge in [0.15, 0.2) is 0 Å². The first-order chi connectivity index (χ1) is 26.8. The van der Waals surface area contributed by atoms with Crippen molar-refractivity contribution in [2.24, 2.45) is 0 Å². The molecule has 11 heteroatoms. The summed E-state index contributed by atoms with van der Waals surface area (Å²) in [5.41, 5.74) is 7.50. The highest BCUT2D eigenvalue weighted by molar-refractivity contribution is 5.87. The van der Waals surface area contributed by atoms with Crippen LogP contribution in [0.1, 0.15) is 79.4 Å². The number of carbonyl (C=O) groups is 3. The molecule has 6 aromatic rings. The minimum Gasteiger partial charge on any atom is -0.465 e. The Balaban J connectivity index is 0.925. The normalized spacial score (nSPS) is 17.9. The average Bonchev–Trinajstić information content (AvgIpc) is 4.07. The van der Waals surface area contributed by atoms with Crippen molar-refractivity contribution >= 4 is 17.9 Å². The SMILES string of the molecule is C[C@@H](C(=O)N1CCC[C@H]1c1ncc(-c2ccc(-c3ccc(-c4cnc([C@@H]5CCCN5C(=O)[C@H](NC(=O)O)c5ccccc5)[nH]4)cc3)cc2)[nH]1)c1ccccc1. The van der Waals surface area contributed by atoms with Crippen LogP contribution in [-0.2, 0) is 9.59 Å². The molecule has 2 aromatic heterocycles. The first-order valence-electron chi connectivity index (χ1n) is 18.9. The molecule has 278 valence electrons. The van der Waals surface area contributed by atoms with Crippen molar-refractivity contribution in [3.05, 3.63) is 144 Å². The zero-order chi connectivity index (χ0) is 37.9. The van der Waals surface area contributed by atoms with E-state index in [2.05, 4.69) is 68.8 Å². The number of hydrogen-bond acceptors (Lipinski definition) is 5. The molecule has 0 saturated carbocycles. The van der Waals surface area contributed by atoms with E-state index in [1.165, 1.54) is 0 Å². The molecule has 4 N–H and O–H groups in total. The third-order valence-electron chi connectivity index (χ3n) is 10.9. The van der Waals surface area contributed by atoms with Crippen molar-refractivity contribution in [3.63, 3.8) is 0 Å². The number of aromatic amines is 2. The Morgan fingerprint density at radius 2 is 1.07 bits per heavy atom. The maximum Gasteiger partial charge on any atom is 0.405 e. The van der Waals surface area contributed by atoms with Crippen LogP contribution in [0.2, 0.25) is 0 Å². The number of likely N-dealkylation sites (tertiary alicyclic amines) is 2. The third-order valence-corrected chi connectivity index (χ3v) is 10.9. The molecule has 2 aliphatic rings.